The molecule has 11 heavy (non-hydrogen) atoms. The van der Waals surface area contributed by atoms with Crippen molar-refractivity contribution in [1.29, 1.82) is 0 Å². The lowest BCUT2D eigenvalue weighted by Gasteiger charge is -2.21. The van der Waals surface area contributed by atoms with Crippen molar-refractivity contribution in [3.8, 4) is 0 Å². The summed E-state index contributed by atoms with van der Waals surface area (Å²) in [6.07, 6.45) is 5.17. The molecular weight excluding hydrogens is 136 g/mol. The third-order valence-corrected chi connectivity index (χ3v) is 2.86. The minimum absolute atomic E-state index is 0.594. The highest BCUT2D eigenvalue weighted by Gasteiger charge is 2.37. The van der Waals surface area contributed by atoms with E-state index >= 15 is 0 Å². The van der Waals surface area contributed by atoms with Crippen LogP contribution in [0.2, 0.25) is 0 Å². The smallest absolute Gasteiger partial charge is 0.100 e. The number of hydrogen-bond acceptors (Lipinski definition) is 1. The van der Waals surface area contributed by atoms with Crippen LogP contribution in [-0.2, 0) is 4.74 Å². The van der Waals surface area contributed by atoms with E-state index in [4.69, 9.17) is 4.74 Å². The van der Waals surface area contributed by atoms with Crippen LogP contribution in [0.1, 0.15) is 25.7 Å². The molecule has 60 valence electrons. The molecule has 2 rings (SSSR count). The Balaban J connectivity index is 2.19. The average Bonchev–Trinajstić information content (AvgIpc) is 2.30. The number of allylic oxidation sites excluding steroid dienone is 2. The normalized spacial score (nSPS) is 36.7. The minimum Gasteiger partial charge on any atom is -0.467 e. The van der Waals surface area contributed by atoms with Crippen LogP contribution in [0.15, 0.2) is 24.7 Å². The fourth-order valence-electron chi connectivity index (χ4n) is 2.22. The van der Waals surface area contributed by atoms with E-state index in [1.165, 1.54) is 25.7 Å². The third-order valence-electron chi connectivity index (χ3n) is 2.86. The maximum atomic E-state index is 5.42. The molecule has 0 aromatic rings. The van der Waals surface area contributed by atoms with Gasteiger partial charge in [0, 0.05) is 11.8 Å². The average molecular weight is 150 g/mol. The van der Waals surface area contributed by atoms with Crippen LogP contribution in [0.4, 0.5) is 0 Å². The molecule has 0 bridgehead atoms. The van der Waals surface area contributed by atoms with Crippen LogP contribution < -0.4 is 0 Å². The Morgan fingerprint density at radius 3 is 1.91 bits per heavy atom. The van der Waals surface area contributed by atoms with Gasteiger partial charge in [0.2, 0.25) is 0 Å². The fraction of sp³-hybridized carbons (Fsp3) is 0.600. The summed E-state index contributed by atoms with van der Waals surface area (Å²) in [5.74, 6) is 3.10. The lowest BCUT2D eigenvalue weighted by atomic mass is 9.79. The zero-order valence-corrected chi connectivity index (χ0v) is 6.81. The van der Waals surface area contributed by atoms with Gasteiger partial charge in [-0.1, -0.05) is 26.0 Å². The van der Waals surface area contributed by atoms with Gasteiger partial charge in [-0.15, -0.1) is 0 Å². The Hall–Kier alpha value is -0.720. The van der Waals surface area contributed by atoms with Crippen molar-refractivity contribution in [2.24, 2.45) is 11.8 Å². The predicted molar refractivity (Wildman–Crippen MR) is 44.8 cm³/mol. The fourth-order valence-corrected chi connectivity index (χ4v) is 2.22. The third kappa shape index (κ3) is 0.991. The molecule has 0 aromatic heterocycles. The molecule has 1 aliphatic heterocycles. The molecule has 1 nitrogen and oxygen atoms in total. The largest absolute Gasteiger partial charge is 0.467 e. The van der Waals surface area contributed by atoms with Crippen molar-refractivity contribution in [2.75, 3.05) is 0 Å². The van der Waals surface area contributed by atoms with Crippen LogP contribution in [0, 0.1) is 11.8 Å². The van der Waals surface area contributed by atoms with E-state index in [9.17, 15) is 0 Å². The molecular formula is C10H14O. The summed E-state index contributed by atoms with van der Waals surface area (Å²) >= 11 is 0. The van der Waals surface area contributed by atoms with E-state index in [1.807, 2.05) is 0 Å². The summed E-state index contributed by atoms with van der Waals surface area (Å²) in [6, 6.07) is 0. The molecule has 1 aliphatic carbocycles. The molecule has 0 spiro atoms. The van der Waals surface area contributed by atoms with E-state index in [2.05, 4.69) is 13.2 Å². The topological polar surface area (TPSA) is 9.23 Å². The lowest BCUT2D eigenvalue weighted by molar-refractivity contribution is 0.328. The standard InChI is InChI=1S/C10H14O/c1-7-9-5-3-4-6-10(9)8(2)11-7/h9-10H,1-6H2/t9-,10+. The van der Waals surface area contributed by atoms with E-state index < -0.39 is 0 Å². The number of ether oxygens (including phenoxy) is 1. The van der Waals surface area contributed by atoms with Crippen molar-refractivity contribution in [3.05, 3.63) is 24.7 Å². The summed E-state index contributed by atoms with van der Waals surface area (Å²) < 4.78 is 5.42. The maximum absolute atomic E-state index is 5.42. The van der Waals surface area contributed by atoms with Gasteiger partial charge >= 0.3 is 0 Å². The highest BCUT2D eigenvalue weighted by molar-refractivity contribution is 5.14. The van der Waals surface area contributed by atoms with Gasteiger partial charge in [0.05, 0.1) is 0 Å². The second-order valence-electron chi connectivity index (χ2n) is 3.53. The molecule has 2 aliphatic rings. The molecule has 0 amide bonds. The van der Waals surface area contributed by atoms with Gasteiger partial charge in [-0.05, 0) is 12.8 Å². The van der Waals surface area contributed by atoms with E-state index in [0.717, 1.165) is 11.5 Å². The van der Waals surface area contributed by atoms with Gasteiger partial charge in [-0.2, -0.15) is 0 Å². The first-order chi connectivity index (χ1) is 5.29. The molecule has 2 atom stereocenters. The van der Waals surface area contributed by atoms with Crippen molar-refractivity contribution >= 4 is 0 Å². The Kier molecular flexibility index (Phi) is 1.52. The van der Waals surface area contributed by atoms with Crippen molar-refractivity contribution in [1.82, 2.24) is 0 Å². The SMILES string of the molecule is C=C1OC(=C)[C@@H]2CCCC[C@H]12. The Morgan fingerprint density at radius 2 is 1.45 bits per heavy atom. The Bertz CT molecular complexity index is 183. The number of rotatable bonds is 0. The zero-order chi connectivity index (χ0) is 7.84. The van der Waals surface area contributed by atoms with Gasteiger partial charge in [0.1, 0.15) is 11.5 Å². The van der Waals surface area contributed by atoms with Crippen molar-refractivity contribution < 1.29 is 4.74 Å². The van der Waals surface area contributed by atoms with Gasteiger partial charge in [-0.3, -0.25) is 0 Å². The zero-order valence-electron chi connectivity index (χ0n) is 6.81. The Labute approximate surface area is 67.7 Å². The van der Waals surface area contributed by atoms with Crippen LogP contribution >= 0.6 is 0 Å². The van der Waals surface area contributed by atoms with E-state index in [-0.39, 0.29) is 0 Å². The number of fused-ring (bicyclic) bond motifs is 1. The van der Waals surface area contributed by atoms with E-state index in [1.54, 1.807) is 0 Å². The molecule has 1 heteroatoms. The van der Waals surface area contributed by atoms with Crippen LogP contribution in [0.3, 0.4) is 0 Å². The molecule has 1 heterocycles. The summed E-state index contributed by atoms with van der Waals surface area (Å²) in [5, 5.41) is 0. The molecule has 1 saturated heterocycles. The summed E-state index contributed by atoms with van der Waals surface area (Å²) in [7, 11) is 0. The summed E-state index contributed by atoms with van der Waals surface area (Å²) in [5.41, 5.74) is 0. The van der Waals surface area contributed by atoms with Gasteiger partial charge < -0.3 is 4.74 Å². The van der Waals surface area contributed by atoms with Gasteiger partial charge in [0.15, 0.2) is 0 Å². The molecule has 0 aromatic carbocycles. The first kappa shape index (κ1) is 6.96. The lowest BCUT2D eigenvalue weighted by Crippen LogP contribution is -2.14. The van der Waals surface area contributed by atoms with E-state index in [0.29, 0.717) is 11.8 Å². The highest BCUT2D eigenvalue weighted by atomic mass is 16.5. The van der Waals surface area contributed by atoms with Gasteiger partial charge in [0.25, 0.3) is 0 Å². The van der Waals surface area contributed by atoms with Crippen molar-refractivity contribution in [2.45, 2.75) is 25.7 Å². The van der Waals surface area contributed by atoms with Crippen LogP contribution in [0.25, 0.3) is 0 Å². The molecule has 1 saturated carbocycles. The first-order valence-corrected chi connectivity index (χ1v) is 4.34. The van der Waals surface area contributed by atoms with Crippen molar-refractivity contribution in [3.63, 3.8) is 0 Å². The van der Waals surface area contributed by atoms with Crippen LogP contribution in [-0.4, -0.2) is 0 Å². The maximum Gasteiger partial charge on any atom is 0.100 e. The second kappa shape index (κ2) is 2.40. The van der Waals surface area contributed by atoms with Crippen LogP contribution in [0.5, 0.6) is 0 Å². The molecule has 2 fully saturated rings. The monoisotopic (exact) mass is 150 g/mol. The highest BCUT2D eigenvalue weighted by Crippen LogP contribution is 2.45. The predicted octanol–water partition coefficient (Wildman–Crippen LogP) is 2.85. The molecule has 0 radical (unpaired) electrons. The molecule has 0 N–H and O–H groups in total. The molecule has 0 unspecified atom stereocenters. The summed E-state index contributed by atoms with van der Waals surface area (Å²) in [6.45, 7) is 7.81. The number of hydrogen-bond donors (Lipinski definition) is 0. The second-order valence-corrected chi connectivity index (χ2v) is 3.53. The summed E-state index contributed by atoms with van der Waals surface area (Å²) in [4.78, 5) is 0. The Morgan fingerprint density at radius 1 is 1.00 bits per heavy atom. The minimum atomic E-state index is 0.594. The van der Waals surface area contributed by atoms with Gasteiger partial charge in [-0.25, -0.2) is 0 Å². The first-order valence-electron chi connectivity index (χ1n) is 4.34. The quantitative estimate of drug-likeness (QED) is 0.516.